The second-order valence-electron chi connectivity index (χ2n) is 7.85. The molecule has 4 rings (SSSR count). The summed E-state index contributed by atoms with van der Waals surface area (Å²) in [5, 5.41) is 3.27. The molecule has 158 valence electrons. The normalized spacial score (nSPS) is 17.4. The van der Waals surface area contributed by atoms with E-state index in [-0.39, 0.29) is 18.6 Å². The van der Waals surface area contributed by atoms with Crippen LogP contribution >= 0.6 is 0 Å². The maximum Gasteiger partial charge on any atom is 0.242 e. The van der Waals surface area contributed by atoms with Gasteiger partial charge in [0.25, 0.3) is 0 Å². The van der Waals surface area contributed by atoms with Crippen LogP contribution < -0.4 is 10.1 Å². The topological polar surface area (TPSA) is 57.2 Å². The van der Waals surface area contributed by atoms with Crippen molar-refractivity contribution in [2.75, 3.05) is 33.2 Å². The number of piperidine rings is 1. The fourth-order valence-electron chi connectivity index (χ4n) is 4.18. The Bertz CT molecular complexity index is 876. The van der Waals surface area contributed by atoms with E-state index in [9.17, 15) is 4.79 Å². The van der Waals surface area contributed by atoms with Crippen LogP contribution in [0.5, 0.6) is 5.75 Å². The third-order valence-electron chi connectivity index (χ3n) is 5.88. The van der Waals surface area contributed by atoms with Crippen molar-refractivity contribution in [2.24, 2.45) is 4.99 Å². The number of benzene rings is 2. The Hall–Kier alpha value is -3.02. The van der Waals surface area contributed by atoms with Gasteiger partial charge in [0, 0.05) is 46.1 Å². The number of amides is 1. The highest BCUT2D eigenvalue weighted by Crippen LogP contribution is 2.20. The standard InChI is InChI=1S/C24H30N4O2/c1-25-24(27-15-12-22(13-16-27)30-21-9-3-2-4-10-21)26-17-23(29)28-14-11-19-7-5-6-8-20(19)18-28/h2-10,22H,11-18H2,1H3,(H,25,26). The maximum absolute atomic E-state index is 12.7. The molecule has 0 bridgehead atoms. The van der Waals surface area contributed by atoms with Crippen molar-refractivity contribution in [3.63, 3.8) is 0 Å². The highest BCUT2D eigenvalue weighted by atomic mass is 16.5. The predicted octanol–water partition coefficient (Wildman–Crippen LogP) is 2.69. The number of ether oxygens (including phenoxy) is 1. The van der Waals surface area contributed by atoms with Gasteiger partial charge < -0.3 is 19.9 Å². The summed E-state index contributed by atoms with van der Waals surface area (Å²) >= 11 is 0. The Morgan fingerprint density at radius 2 is 1.70 bits per heavy atom. The van der Waals surface area contributed by atoms with Crippen molar-refractivity contribution in [1.29, 1.82) is 0 Å². The van der Waals surface area contributed by atoms with E-state index in [1.165, 1.54) is 11.1 Å². The van der Waals surface area contributed by atoms with E-state index in [4.69, 9.17) is 4.74 Å². The van der Waals surface area contributed by atoms with Gasteiger partial charge in [0.15, 0.2) is 5.96 Å². The number of fused-ring (bicyclic) bond motifs is 1. The molecule has 2 aliphatic heterocycles. The number of nitrogens with zero attached hydrogens (tertiary/aromatic N) is 3. The molecule has 0 radical (unpaired) electrons. The van der Waals surface area contributed by atoms with E-state index in [2.05, 4.69) is 33.4 Å². The highest BCUT2D eigenvalue weighted by Gasteiger charge is 2.24. The zero-order valence-electron chi connectivity index (χ0n) is 17.6. The number of carbonyl (C=O) groups is 1. The fourth-order valence-corrected chi connectivity index (χ4v) is 4.18. The summed E-state index contributed by atoms with van der Waals surface area (Å²) in [6, 6.07) is 18.4. The zero-order chi connectivity index (χ0) is 20.8. The van der Waals surface area contributed by atoms with E-state index in [0.29, 0.717) is 6.54 Å². The van der Waals surface area contributed by atoms with Crippen LogP contribution in [0.15, 0.2) is 59.6 Å². The molecule has 30 heavy (non-hydrogen) atoms. The summed E-state index contributed by atoms with van der Waals surface area (Å²) in [6.45, 7) is 3.47. The second-order valence-corrected chi connectivity index (χ2v) is 7.85. The molecule has 0 unspecified atom stereocenters. The molecule has 0 aromatic heterocycles. The van der Waals surface area contributed by atoms with Gasteiger partial charge in [-0.05, 0) is 29.7 Å². The summed E-state index contributed by atoms with van der Waals surface area (Å²) in [4.78, 5) is 21.3. The van der Waals surface area contributed by atoms with Gasteiger partial charge in [-0.2, -0.15) is 0 Å². The van der Waals surface area contributed by atoms with Gasteiger partial charge in [0.1, 0.15) is 11.9 Å². The third-order valence-corrected chi connectivity index (χ3v) is 5.88. The van der Waals surface area contributed by atoms with Crippen LogP contribution in [0.4, 0.5) is 0 Å². The number of rotatable bonds is 4. The summed E-state index contributed by atoms with van der Waals surface area (Å²) < 4.78 is 6.08. The van der Waals surface area contributed by atoms with Gasteiger partial charge in [-0.1, -0.05) is 42.5 Å². The van der Waals surface area contributed by atoms with Crippen LogP contribution in [0, 0.1) is 0 Å². The molecule has 0 spiro atoms. The first-order chi connectivity index (χ1) is 14.7. The molecule has 1 saturated heterocycles. The highest BCUT2D eigenvalue weighted by molar-refractivity contribution is 5.86. The zero-order valence-corrected chi connectivity index (χ0v) is 17.6. The predicted molar refractivity (Wildman–Crippen MR) is 119 cm³/mol. The molecule has 1 N–H and O–H groups in total. The van der Waals surface area contributed by atoms with Crippen molar-refractivity contribution in [1.82, 2.24) is 15.1 Å². The number of nitrogens with one attached hydrogen (secondary N) is 1. The first-order valence-electron chi connectivity index (χ1n) is 10.7. The first-order valence-corrected chi connectivity index (χ1v) is 10.7. The summed E-state index contributed by atoms with van der Waals surface area (Å²) in [7, 11) is 1.77. The van der Waals surface area contributed by atoms with Crippen molar-refractivity contribution in [3.8, 4) is 5.75 Å². The lowest BCUT2D eigenvalue weighted by Gasteiger charge is -2.34. The van der Waals surface area contributed by atoms with Gasteiger partial charge in [-0.25, -0.2) is 0 Å². The Morgan fingerprint density at radius 1 is 1.00 bits per heavy atom. The molecule has 0 aliphatic carbocycles. The average Bonchev–Trinajstić information content (AvgIpc) is 2.80. The molecular formula is C24H30N4O2. The van der Waals surface area contributed by atoms with Crippen molar-refractivity contribution in [2.45, 2.75) is 31.9 Å². The van der Waals surface area contributed by atoms with E-state index in [0.717, 1.165) is 50.6 Å². The van der Waals surface area contributed by atoms with E-state index in [1.54, 1.807) is 7.05 Å². The Labute approximate surface area is 178 Å². The first kappa shape index (κ1) is 20.3. The van der Waals surface area contributed by atoms with Crippen LogP contribution in [0.1, 0.15) is 24.0 Å². The molecule has 6 nitrogen and oxygen atoms in total. The minimum Gasteiger partial charge on any atom is -0.490 e. The van der Waals surface area contributed by atoms with E-state index < -0.39 is 0 Å². The molecule has 0 saturated carbocycles. The number of hydrogen-bond acceptors (Lipinski definition) is 3. The summed E-state index contributed by atoms with van der Waals surface area (Å²) in [5.41, 5.74) is 2.60. The van der Waals surface area contributed by atoms with Gasteiger partial charge >= 0.3 is 0 Å². The molecule has 1 fully saturated rings. The van der Waals surface area contributed by atoms with Crippen LogP contribution in [0.3, 0.4) is 0 Å². The average molecular weight is 407 g/mol. The van der Waals surface area contributed by atoms with Crippen LogP contribution in [0.25, 0.3) is 0 Å². The number of carbonyl (C=O) groups excluding carboxylic acids is 1. The Kier molecular flexibility index (Phi) is 6.52. The molecule has 0 atom stereocenters. The molecule has 2 aromatic carbocycles. The fraction of sp³-hybridized carbons (Fsp3) is 0.417. The lowest BCUT2D eigenvalue weighted by Crippen LogP contribution is -2.50. The molecule has 2 aromatic rings. The van der Waals surface area contributed by atoms with Gasteiger partial charge in [0.05, 0.1) is 6.54 Å². The smallest absolute Gasteiger partial charge is 0.242 e. The van der Waals surface area contributed by atoms with Crippen molar-refractivity contribution in [3.05, 3.63) is 65.7 Å². The van der Waals surface area contributed by atoms with Crippen LogP contribution in [0.2, 0.25) is 0 Å². The van der Waals surface area contributed by atoms with Gasteiger partial charge in [-0.15, -0.1) is 0 Å². The monoisotopic (exact) mass is 406 g/mol. The third kappa shape index (κ3) is 4.93. The SMILES string of the molecule is CN=C(NCC(=O)N1CCc2ccccc2C1)N1CCC(Oc2ccccc2)CC1. The van der Waals surface area contributed by atoms with Crippen molar-refractivity contribution >= 4 is 11.9 Å². The van der Waals surface area contributed by atoms with Gasteiger partial charge in [0.2, 0.25) is 5.91 Å². The summed E-state index contributed by atoms with van der Waals surface area (Å²) in [6.07, 6.45) is 3.02. The Morgan fingerprint density at radius 3 is 2.43 bits per heavy atom. The quantitative estimate of drug-likeness (QED) is 0.627. The minimum absolute atomic E-state index is 0.118. The molecule has 2 heterocycles. The number of guanidine groups is 1. The van der Waals surface area contributed by atoms with E-state index in [1.807, 2.05) is 41.3 Å². The number of hydrogen-bond donors (Lipinski definition) is 1. The molecule has 6 heteroatoms. The largest absolute Gasteiger partial charge is 0.490 e. The van der Waals surface area contributed by atoms with Crippen LogP contribution in [-0.2, 0) is 17.8 Å². The van der Waals surface area contributed by atoms with Crippen LogP contribution in [-0.4, -0.2) is 61.0 Å². The number of likely N-dealkylation sites (tertiary alicyclic amines) is 1. The Balaban J connectivity index is 1.24. The lowest BCUT2D eigenvalue weighted by molar-refractivity contribution is -0.130. The van der Waals surface area contributed by atoms with E-state index >= 15 is 0 Å². The van der Waals surface area contributed by atoms with Gasteiger partial charge in [-0.3, -0.25) is 9.79 Å². The molecule has 2 aliphatic rings. The van der Waals surface area contributed by atoms with Crippen molar-refractivity contribution < 1.29 is 9.53 Å². The number of para-hydroxylation sites is 1. The lowest BCUT2D eigenvalue weighted by atomic mass is 10.00. The molecular weight excluding hydrogens is 376 g/mol. The molecule has 1 amide bonds. The number of aliphatic imine (C=N–C) groups is 1. The summed E-state index contributed by atoms with van der Waals surface area (Å²) in [5.74, 6) is 1.83. The minimum atomic E-state index is 0.118. The second kappa shape index (κ2) is 9.65. The maximum atomic E-state index is 12.7.